The zero-order valence-corrected chi connectivity index (χ0v) is 9.79. The fourth-order valence-electron chi connectivity index (χ4n) is 3.34. The number of ether oxygens (including phenoxy) is 2. The number of carbonyl (C=O) groups excluding carboxylic acids is 1. The second-order valence-corrected chi connectivity index (χ2v) is 5.19. The highest BCUT2D eigenvalue weighted by Crippen LogP contribution is 2.54. The van der Waals surface area contributed by atoms with Gasteiger partial charge in [-0.2, -0.15) is 0 Å². The highest BCUT2D eigenvalue weighted by Gasteiger charge is 2.70. The molecular weight excluding hydrogens is 224 g/mol. The molecule has 3 aliphatic heterocycles. The Hall–Kier alpha value is -0.750. The Kier molecular flexibility index (Phi) is 2.12. The third kappa shape index (κ3) is 1.25. The van der Waals surface area contributed by atoms with E-state index in [9.17, 15) is 15.0 Å². The largest absolute Gasteiger partial charge is 0.387 e. The lowest BCUT2D eigenvalue weighted by Gasteiger charge is -2.61. The Labute approximate surface area is 99.0 Å². The van der Waals surface area contributed by atoms with Crippen LogP contribution in [0.1, 0.15) is 20.3 Å². The topological polar surface area (TPSA) is 76.0 Å². The van der Waals surface area contributed by atoms with Crippen LogP contribution < -0.4 is 0 Å². The van der Waals surface area contributed by atoms with Crippen molar-refractivity contribution in [2.75, 3.05) is 0 Å². The maximum Gasteiger partial charge on any atom is 0.229 e. The molecule has 4 rings (SSSR count). The molecule has 1 aliphatic carbocycles. The minimum atomic E-state index is -1.64. The minimum absolute atomic E-state index is 0.181. The summed E-state index contributed by atoms with van der Waals surface area (Å²) < 4.78 is 10.9. The molecule has 0 radical (unpaired) electrons. The van der Waals surface area contributed by atoms with Crippen molar-refractivity contribution in [1.82, 2.24) is 0 Å². The van der Waals surface area contributed by atoms with Crippen LogP contribution in [0.25, 0.3) is 0 Å². The van der Waals surface area contributed by atoms with E-state index < -0.39 is 23.6 Å². The van der Waals surface area contributed by atoms with Gasteiger partial charge in [0.15, 0.2) is 11.6 Å². The van der Waals surface area contributed by atoms with Crippen LogP contribution in [0.3, 0.4) is 0 Å². The quantitative estimate of drug-likeness (QED) is 0.629. The Morgan fingerprint density at radius 1 is 1.53 bits per heavy atom. The summed E-state index contributed by atoms with van der Waals surface area (Å²) in [6.07, 6.45) is 2.44. The lowest BCUT2D eigenvalue weighted by molar-refractivity contribution is -0.445. The highest BCUT2D eigenvalue weighted by atomic mass is 16.8. The summed E-state index contributed by atoms with van der Waals surface area (Å²) in [5.41, 5.74) is 0. The molecular formula is C12H16O5. The second-order valence-electron chi connectivity index (χ2n) is 5.19. The van der Waals surface area contributed by atoms with Crippen LogP contribution in [0.15, 0.2) is 12.2 Å². The van der Waals surface area contributed by atoms with E-state index in [4.69, 9.17) is 9.47 Å². The molecule has 0 aromatic carbocycles. The predicted molar refractivity (Wildman–Crippen MR) is 56.7 cm³/mol. The van der Waals surface area contributed by atoms with Crippen LogP contribution in [0.4, 0.5) is 0 Å². The van der Waals surface area contributed by atoms with Crippen molar-refractivity contribution in [3.8, 4) is 0 Å². The summed E-state index contributed by atoms with van der Waals surface area (Å²) in [6, 6.07) is 0. The van der Waals surface area contributed by atoms with Gasteiger partial charge in [0, 0.05) is 12.3 Å². The maximum atomic E-state index is 12.2. The van der Waals surface area contributed by atoms with Crippen LogP contribution in [0.5, 0.6) is 0 Å². The molecule has 1 saturated carbocycles. The van der Waals surface area contributed by atoms with Gasteiger partial charge >= 0.3 is 0 Å². The summed E-state index contributed by atoms with van der Waals surface area (Å²) in [7, 11) is 0. The van der Waals surface area contributed by atoms with Crippen LogP contribution in [-0.4, -0.2) is 39.8 Å². The van der Waals surface area contributed by atoms with E-state index in [1.165, 1.54) is 6.92 Å². The Balaban J connectivity index is 2.07. The number of hydrogen-bond acceptors (Lipinski definition) is 5. The molecule has 4 fully saturated rings. The molecule has 6 atom stereocenters. The van der Waals surface area contributed by atoms with Crippen LogP contribution in [-0.2, 0) is 14.3 Å². The van der Waals surface area contributed by atoms with Gasteiger partial charge in [0.05, 0.1) is 12.0 Å². The highest BCUT2D eigenvalue weighted by molar-refractivity contribution is 5.90. The molecule has 0 aromatic heterocycles. The maximum absolute atomic E-state index is 12.2. The van der Waals surface area contributed by atoms with Crippen molar-refractivity contribution in [2.45, 2.75) is 44.1 Å². The molecule has 0 unspecified atom stereocenters. The van der Waals surface area contributed by atoms with Gasteiger partial charge in [-0.1, -0.05) is 12.2 Å². The number of aliphatic hydroxyl groups excluding tert-OH is 1. The number of hydrogen-bond donors (Lipinski definition) is 2. The Morgan fingerprint density at radius 2 is 2.24 bits per heavy atom. The average molecular weight is 240 g/mol. The molecule has 3 saturated heterocycles. The first kappa shape index (κ1) is 11.3. The van der Waals surface area contributed by atoms with Crippen LogP contribution in [0.2, 0.25) is 0 Å². The molecule has 4 aliphatic rings. The number of carbonyl (C=O) groups is 1. The van der Waals surface area contributed by atoms with E-state index in [2.05, 4.69) is 0 Å². The van der Waals surface area contributed by atoms with Crippen molar-refractivity contribution in [1.29, 1.82) is 0 Å². The summed E-state index contributed by atoms with van der Waals surface area (Å²) in [4.78, 5) is 12.2. The first-order chi connectivity index (χ1) is 7.91. The molecule has 4 bridgehead atoms. The molecule has 2 N–H and O–H groups in total. The van der Waals surface area contributed by atoms with Gasteiger partial charge in [-0.3, -0.25) is 4.79 Å². The number of aliphatic hydroxyl groups is 2. The lowest BCUT2D eigenvalue weighted by atomic mass is 9.64. The third-order valence-corrected chi connectivity index (χ3v) is 4.05. The molecule has 17 heavy (non-hydrogen) atoms. The standard InChI is InChI=1S/C12H16O5/c1-3-4-6-7-5-12(15)10(14)8(6)9(13)11(2,16-7)17-12/h3-4,6-8,10,14-15H,5H2,1-2H3/b4-3+/t6-,7-,8+,10-,11+,12+/m1/s1. The lowest BCUT2D eigenvalue weighted by Crippen LogP contribution is -2.76. The minimum Gasteiger partial charge on any atom is -0.387 e. The number of Topliss-reactive ketones (excluding diaryl/α,β-unsaturated/α-hetero) is 1. The number of ketones is 1. The van der Waals surface area contributed by atoms with E-state index >= 15 is 0 Å². The SMILES string of the molecule is C/C=C/[C@H]1[C@H]2C(=O)[C@@]3(C)O[C@@H]1C[C@](O)(O3)[C@@H]2O. The molecule has 5 heteroatoms. The Morgan fingerprint density at radius 3 is 2.88 bits per heavy atom. The van der Waals surface area contributed by atoms with E-state index in [1.54, 1.807) is 0 Å². The second kappa shape index (κ2) is 3.17. The molecule has 0 amide bonds. The van der Waals surface area contributed by atoms with Crippen LogP contribution in [0, 0.1) is 11.8 Å². The zero-order chi connectivity index (χ0) is 12.4. The van der Waals surface area contributed by atoms with Crippen molar-refractivity contribution in [3.05, 3.63) is 12.2 Å². The molecule has 3 heterocycles. The van der Waals surface area contributed by atoms with Gasteiger partial charge in [-0.25, -0.2) is 0 Å². The zero-order valence-electron chi connectivity index (χ0n) is 9.79. The Bertz CT molecular complexity index is 406. The summed E-state index contributed by atoms with van der Waals surface area (Å²) in [6.45, 7) is 3.37. The monoisotopic (exact) mass is 240 g/mol. The number of rotatable bonds is 1. The smallest absolute Gasteiger partial charge is 0.229 e. The van der Waals surface area contributed by atoms with Gasteiger partial charge < -0.3 is 19.7 Å². The fraction of sp³-hybridized carbons (Fsp3) is 0.750. The van der Waals surface area contributed by atoms with Crippen molar-refractivity contribution in [3.63, 3.8) is 0 Å². The van der Waals surface area contributed by atoms with E-state index in [-0.39, 0.29) is 24.2 Å². The van der Waals surface area contributed by atoms with E-state index in [0.29, 0.717) is 0 Å². The third-order valence-electron chi connectivity index (χ3n) is 4.05. The molecule has 0 spiro atoms. The summed E-state index contributed by atoms with van der Waals surface area (Å²) in [5.74, 6) is -4.15. The summed E-state index contributed by atoms with van der Waals surface area (Å²) in [5, 5.41) is 20.3. The van der Waals surface area contributed by atoms with Crippen molar-refractivity contribution < 1.29 is 24.5 Å². The summed E-state index contributed by atoms with van der Waals surface area (Å²) >= 11 is 0. The van der Waals surface area contributed by atoms with E-state index in [1.807, 2.05) is 19.1 Å². The van der Waals surface area contributed by atoms with E-state index in [0.717, 1.165) is 0 Å². The first-order valence-corrected chi connectivity index (χ1v) is 5.87. The number of allylic oxidation sites excluding steroid dienone is 1. The fourth-order valence-corrected chi connectivity index (χ4v) is 3.34. The average Bonchev–Trinajstić information content (AvgIpc) is 2.23. The van der Waals surface area contributed by atoms with Gasteiger partial charge in [0.25, 0.3) is 0 Å². The molecule has 94 valence electrons. The van der Waals surface area contributed by atoms with Crippen molar-refractivity contribution >= 4 is 5.78 Å². The molecule has 5 nitrogen and oxygen atoms in total. The van der Waals surface area contributed by atoms with Gasteiger partial charge in [-0.15, -0.1) is 0 Å². The normalized spacial score (nSPS) is 57.1. The van der Waals surface area contributed by atoms with Gasteiger partial charge in [0.1, 0.15) is 6.10 Å². The van der Waals surface area contributed by atoms with Crippen molar-refractivity contribution in [2.24, 2.45) is 11.8 Å². The van der Waals surface area contributed by atoms with Gasteiger partial charge in [-0.05, 0) is 13.8 Å². The predicted octanol–water partition coefficient (Wildman–Crippen LogP) is -0.0376. The van der Waals surface area contributed by atoms with Crippen LogP contribution >= 0.6 is 0 Å². The molecule has 0 aromatic rings. The van der Waals surface area contributed by atoms with Gasteiger partial charge in [0.2, 0.25) is 5.79 Å². The first-order valence-electron chi connectivity index (χ1n) is 5.87.